The van der Waals surface area contributed by atoms with Crippen molar-refractivity contribution in [2.24, 2.45) is 0 Å². The Morgan fingerprint density at radius 2 is 2.29 bits per heavy atom. The van der Waals surface area contributed by atoms with Crippen LogP contribution in [0.1, 0.15) is 12.8 Å². The summed E-state index contributed by atoms with van der Waals surface area (Å²) in [5, 5.41) is 10.8. The quantitative estimate of drug-likeness (QED) is 0.590. The Morgan fingerprint density at radius 1 is 1.53 bits per heavy atom. The smallest absolute Gasteiger partial charge is 0.359 e. The summed E-state index contributed by atoms with van der Waals surface area (Å²) < 4.78 is 26.5. The summed E-state index contributed by atoms with van der Waals surface area (Å²) in [7, 11) is 0. The van der Waals surface area contributed by atoms with Crippen LogP contribution in [0.25, 0.3) is 0 Å². The number of pyridine rings is 1. The van der Waals surface area contributed by atoms with Gasteiger partial charge in [-0.15, -0.1) is 0 Å². The highest BCUT2D eigenvalue weighted by molar-refractivity contribution is 5.59. The van der Waals surface area contributed by atoms with Crippen molar-refractivity contribution in [3.8, 4) is 0 Å². The van der Waals surface area contributed by atoms with E-state index in [-0.39, 0.29) is 17.9 Å². The van der Waals surface area contributed by atoms with Gasteiger partial charge in [0.1, 0.15) is 11.9 Å². The molecule has 1 aliphatic heterocycles. The highest BCUT2D eigenvalue weighted by Crippen LogP contribution is 2.33. The van der Waals surface area contributed by atoms with Crippen molar-refractivity contribution < 1.29 is 13.7 Å². The number of aromatic nitrogens is 1. The molecular weight excluding hydrogens is 232 g/mol. The molecule has 0 atom stereocenters. The molecular formula is C10H11F2N3O2. The zero-order valence-electron chi connectivity index (χ0n) is 8.97. The van der Waals surface area contributed by atoms with Crippen molar-refractivity contribution in [1.82, 2.24) is 4.98 Å². The Morgan fingerprint density at radius 3 is 2.94 bits per heavy atom. The molecule has 1 aromatic rings. The van der Waals surface area contributed by atoms with Crippen LogP contribution >= 0.6 is 0 Å². The van der Waals surface area contributed by atoms with E-state index in [2.05, 4.69) is 4.98 Å². The summed E-state index contributed by atoms with van der Waals surface area (Å²) in [5.74, 6) is -3.16. The van der Waals surface area contributed by atoms with E-state index in [4.69, 9.17) is 0 Å². The third-order valence-electron chi connectivity index (χ3n) is 2.67. The molecule has 0 spiro atoms. The maximum absolute atomic E-state index is 13.2. The lowest BCUT2D eigenvalue weighted by molar-refractivity contribution is -0.388. The molecule has 0 unspecified atom stereocenters. The summed E-state index contributed by atoms with van der Waals surface area (Å²) in [5.41, 5.74) is 0.164. The van der Waals surface area contributed by atoms with Crippen molar-refractivity contribution in [2.45, 2.75) is 18.8 Å². The van der Waals surface area contributed by atoms with Crippen LogP contribution in [-0.4, -0.2) is 28.9 Å². The van der Waals surface area contributed by atoms with E-state index in [1.165, 1.54) is 23.2 Å². The van der Waals surface area contributed by atoms with Crippen LogP contribution in [0.3, 0.4) is 0 Å². The van der Waals surface area contributed by atoms with Gasteiger partial charge < -0.3 is 15.0 Å². The van der Waals surface area contributed by atoms with Gasteiger partial charge in [-0.05, 0) is 28.5 Å². The Hall–Kier alpha value is -1.79. The molecule has 1 aromatic heterocycles. The molecule has 1 aliphatic rings. The molecule has 7 heteroatoms. The van der Waals surface area contributed by atoms with Gasteiger partial charge in [0.05, 0.1) is 6.54 Å². The van der Waals surface area contributed by atoms with E-state index in [9.17, 15) is 18.9 Å². The van der Waals surface area contributed by atoms with Gasteiger partial charge in [0.15, 0.2) is 0 Å². The minimum atomic E-state index is -2.79. The monoisotopic (exact) mass is 243 g/mol. The fourth-order valence-electron chi connectivity index (χ4n) is 1.95. The lowest BCUT2D eigenvalue weighted by Gasteiger charge is -2.33. The van der Waals surface area contributed by atoms with E-state index in [0.29, 0.717) is 13.0 Å². The van der Waals surface area contributed by atoms with Crippen LogP contribution in [0.2, 0.25) is 0 Å². The number of hydrogen-bond acceptors (Lipinski definition) is 4. The maximum Gasteiger partial charge on any atom is 0.387 e. The van der Waals surface area contributed by atoms with Crippen LogP contribution in [-0.2, 0) is 0 Å². The molecule has 0 bridgehead atoms. The molecule has 0 saturated carbocycles. The van der Waals surface area contributed by atoms with Crippen LogP contribution in [0, 0.1) is 10.1 Å². The van der Waals surface area contributed by atoms with Gasteiger partial charge in [0, 0.05) is 13.0 Å². The third-order valence-corrected chi connectivity index (χ3v) is 2.67. The standard InChI is InChI=1S/C10H11F2N3O2/c11-10(12)4-2-6-14(7-10)8-3-1-5-13-9(8)15(16)17/h1,3,5H,2,4,6-7H2. The molecule has 17 heavy (non-hydrogen) atoms. The zero-order valence-corrected chi connectivity index (χ0v) is 8.97. The number of rotatable bonds is 2. The van der Waals surface area contributed by atoms with Crippen molar-refractivity contribution in [1.29, 1.82) is 0 Å². The Bertz CT molecular complexity index is 439. The molecule has 92 valence electrons. The van der Waals surface area contributed by atoms with E-state index in [0.717, 1.165) is 0 Å². The fraction of sp³-hybridized carbons (Fsp3) is 0.500. The van der Waals surface area contributed by atoms with Crippen molar-refractivity contribution in [2.75, 3.05) is 18.0 Å². The van der Waals surface area contributed by atoms with E-state index in [1.54, 1.807) is 0 Å². The normalized spacial score (nSPS) is 19.1. The molecule has 1 fully saturated rings. The number of nitro groups is 1. The lowest BCUT2D eigenvalue weighted by atomic mass is 10.1. The van der Waals surface area contributed by atoms with Gasteiger partial charge in [-0.3, -0.25) is 0 Å². The van der Waals surface area contributed by atoms with Gasteiger partial charge in [-0.25, -0.2) is 8.78 Å². The lowest BCUT2D eigenvalue weighted by Crippen LogP contribution is -2.42. The van der Waals surface area contributed by atoms with Crippen LogP contribution in [0.15, 0.2) is 18.3 Å². The second-order valence-electron chi connectivity index (χ2n) is 3.98. The Balaban J connectivity index is 2.30. The SMILES string of the molecule is O=[N+]([O-])c1ncccc1N1CCCC(F)(F)C1. The minimum absolute atomic E-state index is 0.164. The molecule has 0 aliphatic carbocycles. The van der Waals surface area contributed by atoms with Gasteiger partial charge >= 0.3 is 5.82 Å². The summed E-state index contributed by atoms with van der Waals surface area (Å²) >= 11 is 0. The zero-order chi connectivity index (χ0) is 12.5. The first-order valence-corrected chi connectivity index (χ1v) is 5.22. The molecule has 0 amide bonds. The molecule has 5 nitrogen and oxygen atoms in total. The van der Waals surface area contributed by atoms with Crippen molar-refractivity contribution in [3.63, 3.8) is 0 Å². The first kappa shape index (κ1) is 11.7. The van der Waals surface area contributed by atoms with Crippen molar-refractivity contribution in [3.05, 3.63) is 28.4 Å². The Labute approximate surface area is 96.2 Å². The van der Waals surface area contributed by atoms with E-state index in [1.807, 2.05) is 0 Å². The number of piperidine rings is 1. The van der Waals surface area contributed by atoms with Crippen molar-refractivity contribution >= 4 is 11.5 Å². The van der Waals surface area contributed by atoms with Gasteiger partial charge in [0.25, 0.3) is 5.92 Å². The second kappa shape index (κ2) is 4.23. The summed E-state index contributed by atoms with van der Waals surface area (Å²) in [4.78, 5) is 15.0. The number of anilines is 1. The number of halogens is 2. The number of nitrogens with zero attached hydrogens (tertiary/aromatic N) is 3. The highest BCUT2D eigenvalue weighted by atomic mass is 19.3. The Kier molecular flexibility index (Phi) is 2.91. The summed E-state index contributed by atoms with van der Waals surface area (Å²) in [6.45, 7) is -0.0956. The van der Waals surface area contributed by atoms with E-state index >= 15 is 0 Å². The van der Waals surface area contributed by atoms with E-state index < -0.39 is 17.4 Å². The first-order chi connectivity index (χ1) is 7.99. The third kappa shape index (κ3) is 2.48. The average molecular weight is 243 g/mol. The summed E-state index contributed by atoms with van der Waals surface area (Å²) in [6.07, 6.45) is 1.43. The minimum Gasteiger partial charge on any atom is -0.359 e. The van der Waals surface area contributed by atoms with Crippen LogP contribution < -0.4 is 4.90 Å². The molecule has 1 saturated heterocycles. The predicted octanol–water partition coefficient (Wildman–Crippen LogP) is 2.23. The molecule has 2 heterocycles. The largest absolute Gasteiger partial charge is 0.387 e. The van der Waals surface area contributed by atoms with Gasteiger partial charge in [-0.2, -0.15) is 0 Å². The molecule has 0 N–H and O–H groups in total. The second-order valence-corrected chi connectivity index (χ2v) is 3.98. The van der Waals surface area contributed by atoms with Crippen LogP contribution in [0.5, 0.6) is 0 Å². The maximum atomic E-state index is 13.2. The average Bonchev–Trinajstić information content (AvgIpc) is 2.27. The van der Waals surface area contributed by atoms with Gasteiger partial charge in [0.2, 0.25) is 0 Å². The summed E-state index contributed by atoms with van der Waals surface area (Å²) in [6, 6.07) is 2.96. The topological polar surface area (TPSA) is 59.3 Å². The fourth-order valence-corrected chi connectivity index (χ4v) is 1.95. The van der Waals surface area contributed by atoms with Crippen LogP contribution in [0.4, 0.5) is 20.3 Å². The predicted molar refractivity (Wildman–Crippen MR) is 57.3 cm³/mol. The first-order valence-electron chi connectivity index (χ1n) is 5.22. The molecule has 2 rings (SSSR count). The molecule has 0 radical (unpaired) electrons. The number of hydrogen-bond donors (Lipinski definition) is 0. The van der Waals surface area contributed by atoms with Gasteiger partial charge in [-0.1, -0.05) is 0 Å². The number of alkyl halides is 2. The highest BCUT2D eigenvalue weighted by Gasteiger charge is 2.37. The molecule has 0 aromatic carbocycles.